The van der Waals surface area contributed by atoms with E-state index >= 15 is 0 Å². The third-order valence-electron chi connectivity index (χ3n) is 4.15. The summed E-state index contributed by atoms with van der Waals surface area (Å²) >= 11 is 0. The van der Waals surface area contributed by atoms with Gasteiger partial charge in [-0.25, -0.2) is 4.79 Å². The van der Waals surface area contributed by atoms with Crippen molar-refractivity contribution in [2.45, 2.75) is 33.7 Å². The molecular formula is C22H29NO3. The minimum absolute atomic E-state index is 0.171. The Bertz CT molecular complexity index is 717. The lowest BCUT2D eigenvalue weighted by atomic mass is 9.95. The number of benzene rings is 2. The third-order valence-corrected chi connectivity index (χ3v) is 4.15. The summed E-state index contributed by atoms with van der Waals surface area (Å²) < 4.78 is 5.21. The lowest BCUT2D eigenvalue weighted by Gasteiger charge is -2.30. The Labute approximate surface area is 156 Å². The molecule has 0 aliphatic carbocycles. The van der Waals surface area contributed by atoms with Crippen molar-refractivity contribution in [3.8, 4) is 5.75 Å². The van der Waals surface area contributed by atoms with Gasteiger partial charge < -0.3 is 9.84 Å². The molecule has 26 heavy (non-hydrogen) atoms. The predicted molar refractivity (Wildman–Crippen MR) is 105 cm³/mol. The van der Waals surface area contributed by atoms with Crippen molar-refractivity contribution < 1.29 is 14.6 Å². The number of hydrogen-bond acceptors (Lipinski definition) is 3. The minimum Gasteiger partial charge on any atom is -0.497 e. The molecule has 0 radical (unpaired) electrons. The highest BCUT2D eigenvalue weighted by molar-refractivity contribution is 5.87. The van der Waals surface area contributed by atoms with Crippen LogP contribution in [0.15, 0.2) is 48.5 Å². The van der Waals surface area contributed by atoms with Gasteiger partial charge in [-0.3, -0.25) is 4.90 Å². The van der Waals surface area contributed by atoms with Crippen LogP contribution in [0.25, 0.3) is 0 Å². The molecule has 0 amide bonds. The number of ether oxygens (including phenoxy) is 1. The Morgan fingerprint density at radius 1 is 1.08 bits per heavy atom. The van der Waals surface area contributed by atoms with Crippen LogP contribution in [0.3, 0.4) is 0 Å². The Morgan fingerprint density at radius 3 is 2.35 bits per heavy atom. The summed E-state index contributed by atoms with van der Waals surface area (Å²) in [7, 11) is 1.67. The first kappa shape index (κ1) is 20.0. The third kappa shape index (κ3) is 6.52. The van der Waals surface area contributed by atoms with E-state index in [9.17, 15) is 9.90 Å². The van der Waals surface area contributed by atoms with Gasteiger partial charge in [0.2, 0.25) is 0 Å². The second-order valence-corrected chi connectivity index (χ2v) is 7.87. The molecule has 2 aromatic rings. The van der Waals surface area contributed by atoms with Crippen molar-refractivity contribution in [1.29, 1.82) is 0 Å². The second kappa shape index (κ2) is 8.86. The molecular weight excluding hydrogens is 326 g/mol. The lowest BCUT2D eigenvalue weighted by Crippen LogP contribution is -2.34. The van der Waals surface area contributed by atoms with Crippen LogP contribution in [0.2, 0.25) is 0 Å². The quantitative estimate of drug-likeness (QED) is 0.758. The van der Waals surface area contributed by atoms with Crippen molar-refractivity contribution in [3.63, 3.8) is 0 Å². The highest BCUT2D eigenvalue weighted by atomic mass is 16.5. The first-order chi connectivity index (χ1) is 12.3. The molecule has 2 aromatic carbocycles. The highest BCUT2D eigenvalue weighted by Crippen LogP contribution is 2.19. The molecule has 0 saturated carbocycles. The molecule has 0 atom stereocenters. The first-order valence-corrected chi connectivity index (χ1v) is 8.94. The molecule has 4 nitrogen and oxygen atoms in total. The van der Waals surface area contributed by atoms with Crippen molar-refractivity contribution >= 4 is 5.97 Å². The van der Waals surface area contributed by atoms with Gasteiger partial charge in [0, 0.05) is 19.6 Å². The van der Waals surface area contributed by atoms with E-state index in [1.165, 1.54) is 5.56 Å². The number of methoxy groups -OCH3 is 1. The molecule has 0 spiro atoms. The molecule has 0 aromatic heterocycles. The highest BCUT2D eigenvalue weighted by Gasteiger charge is 2.17. The number of carbonyl (C=O) groups is 1. The van der Waals surface area contributed by atoms with Crippen molar-refractivity contribution in [3.05, 3.63) is 65.2 Å². The number of carboxylic acid groups (broad SMARTS) is 1. The summed E-state index contributed by atoms with van der Waals surface area (Å²) in [6.07, 6.45) is 0.943. The SMILES string of the molecule is COc1ccc(CCN(Cc2cccc(C(=O)O)c2)CC(C)(C)C)cc1. The molecule has 4 heteroatoms. The van der Waals surface area contributed by atoms with E-state index in [1.807, 2.05) is 24.3 Å². The first-order valence-electron chi connectivity index (χ1n) is 8.94. The van der Waals surface area contributed by atoms with Crippen LogP contribution in [0, 0.1) is 5.41 Å². The predicted octanol–water partition coefficient (Wildman–Crippen LogP) is 4.48. The van der Waals surface area contributed by atoms with E-state index in [1.54, 1.807) is 19.2 Å². The Hall–Kier alpha value is -2.33. The van der Waals surface area contributed by atoms with E-state index in [0.29, 0.717) is 5.56 Å². The van der Waals surface area contributed by atoms with Crippen molar-refractivity contribution in [1.82, 2.24) is 4.90 Å². The van der Waals surface area contributed by atoms with Crippen LogP contribution >= 0.6 is 0 Å². The van der Waals surface area contributed by atoms with E-state index < -0.39 is 5.97 Å². The monoisotopic (exact) mass is 355 g/mol. The van der Waals surface area contributed by atoms with Crippen LogP contribution in [0.5, 0.6) is 5.75 Å². The van der Waals surface area contributed by atoms with E-state index in [0.717, 1.165) is 37.4 Å². The van der Waals surface area contributed by atoms with Crippen LogP contribution in [0.4, 0.5) is 0 Å². The average Bonchev–Trinajstić information content (AvgIpc) is 2.59. The van der Waals surface area contributed by atoms with E-state index in [2.05, 4.69) is 37.8 Å². The van der Waals surface area contributed by atoms with Crippen LogP contribution in [0.1, 0.15) is 42.3 Å². The van der Waals surface area contributed by atoms with Crippen LogP contribution < -0.4 is 4.74 Å². The standard InChI is InChI=1S/C22H29NO3/c1-22(2,3)16-23(13-12-17-8-10-20(26-4)11-9-17)15-18-6-5-7-19(14-18)21(24)25/h5-11,14H,12-13,15-16H2,1-4H3,(H,24,25). The summed E-state index contributed by atoms with van der Waals surface area (Å²) in [6.45, 7) is 9.28. The largest absolute Gasteiger partial charge is 0.497 e. The zero-order valence-corrected chi connectivity index (χ0v) is 16.2. The number of carboxylic acids is 1. The zero-order chi connectivity index (χ0) is 19.2. The summed E-state index contributed by atoms with van der Waals surface area (Å²) in [6, 6.07) is 15.4. The van der Waals surface area contributed by atoms with Gasteiger partial charge in [-0.2, -0.15) is 0 Å². The molecule has 2 rings (SSSR count). The molecule has 0 fully saturated rings. The van der Waals surface area contributed by atoms with Crippen molar-refractivity contribution in [2.75, 3.05) is 20.2 Å². The van der Waals surface area contributed by atoms with Crippen LogP contribution in [-0.4, -0.2) is 36.2 Å². The fourth-order valence-corrected chi connectivity index (χ4v) is 3.03. The van der Waals surface area contributed by atoms with Gasteiger partial charge in [0.25, 0.3) is 0 Å². The molecule has 0 unspecified atom stereocenters. The van der Waals surface area contributed by atoms with E-state index in [4.69, 9.17) is 4.74 Å². The molecule has 0 heterocycles. The van der Waals surface area contributed by atoms with Gasteiger partial charge in [0.15, 0.2) is 0 Å². The van der Waals surface area contributed by atoms with Gasteiger partial charge in [0.05, 0.1) is 12.7 Å². The summed E-state index contributed by atoms with van der Waals surface area (Å²) in [5, 5.41) is 9.20. The maximum absolute atomic E-state index is 11.2. The minimum atomic E-state index is -0.882. The second-order valence-electron chi connectivity index (χ2n) is 7.87. The van der Waals surface area contributed by atoms with Gasteiger partial charge in [-0.1, -0.05) is 45.0 Å². The topological polar surface area (TPSA) is 49.8 Å². The average molecular weight is 355 g/mol. The van der Waals surface area contributed by atoms with Gasteiger partial charge >= 0.3 is 5.97 Å². The molecule has 140 valence electrons. The molecule has 0 aliphatic heterocycles. The molecule has 1 N–H and O–H groups in total. The normalized spacial score (nSPS) is 11.6. The number of nitrogens with zero attached hydrogens (tertiary/aromatic N) is 1. The number of aromatic carboxylic acids is 1. The summed E-state index contributed by atoms with van der Waals surface area (Å²) in [5.74, 6) is -0.0155. The number of hydrogen-bond donors (Lipinski definition) is 1. The Balaban J connectivity index is 2.07. The van der Waals surface area contributed by atoms with Gasteiger partial charge in [-0.05, 0) is 47.2 Å². The van der Waals surface area contributed by atoms with Gasteiger partial charge in [0.1, 0.15) is 5.75 Å². The number of rotatable bonds is 8. The lowest BCUT2D eigenvalue weighted by molar-refractivity contribution is 0.0696. The molecule has 0 aliphatic rings. The van der Waals surface area contributed by atoms with Crippen molar-refractivity contribution in [2.24, 2.45) is 5.41 Å². The summed E-state index contributed by atoms with van der Waals surface area (Å²) in [4.78, 5) is 13.6. The molecule has 0 saturated heterocycles. The summed E-state index contributed by atoms with van der Waals surface area (Å²) in [5.41, 5.74) is 2.81. The smallest absolute Gasteiger partial charge is 0.335 e. The van der Waals surface area contributed by atoms with Gasteiger partial charge in [-0.15, -0.1) is 0 Å². The molecule has 0 bridgehead atoms. The maximum Gasteiger partial charge on any atom is 0.335 e. The zero-order valence-electron chi connectivity index (χ0n) is 16.2. The maximum atomic E-state index is 11.2. The Kier molecular flexibility index (Phi) is 6.81. The van der Waals surface area contributed by atoms with Crippen LogP contribution in [-0.2, 0) is 13.0 Å². The van der Waals surface area contributed by atoms with E-state index in [-0.39, 0.29) is 5.41 Å². The fourth-order valence-electron chi connectivity index (χ4n) is 3.03. The Morgan fingerprint density at radius 2 is 1.77 bits per heavy atom. The fraction of sp³-hybridized carbons (Fsp3) is 0.409.